The quantitative estimate of drug-likeness (QED) is 0.789. The summed E-state index contributed by atoms with van der Waals surface area (Å²) in [4.78, 5) is 15.2. The zero-order chi connectivity index (χ0) is 14.5. The molecule has 0 amide bonds. The first-order chi connectivity index (χ1) is 9.67. The first-order valence-corrected chi connectivity index (χ1v) is 6.31. The molecule has 0 saturated carbocycles. The molecule has 8 nitrogen and oxygen atoms in total. The summed E-state index contributed by atoms with van der Waals surface area (Å²) in [5.74, 6) is -1.08. The van der Waals surface area contributed by atoms with Crippen molar-refractivity contribution in [2.24, 2.45) is 0 Å². The van der Waals surface area contributed by atoms with E-state index in [0.717, 1.165) is 12.2 Å². The largest absolute Gasteiger partial charge is 0.476 e. The summed E-state index contributed by atoms with van der Waals surface area (Å²) < 4.78 is 8.57. The molecule has 2 aromatic heterocycles. The van der Waals surface area contributed by atoms with Crippen LogP contribution in [0, 0.1) is 0 Å². The molecule has 2 heterocycles. The Morgan fingerprint density at radius 1 is 1.50 bits per heavy atom. The number of rotatable bonds is 7. The van der Waals surface area contributed by atoms with Crippen molar-refractivity contribution < 1.29 is 14.6 Å². The molecule has 0 fully saturated rings. The number of hydrogen-bond donors (Lipinski definition) is 1. The van der Waals surface area contributed by atoms with E-state index in [2.05, 4.69) is 15.3 Å². The Kier molecular flexibility index (Phi) is 4.46. The molecule has 2 rings (SSSR count). The molecular formula is C12H17N5O3. The molecule has 0 spiro atoms. The summed E-state index contributed by atoms with van der Waals surface area (Å²) in [5.41, 5.74) is 1.49. The number of hydrogen-bond acceptors (Lipinski definition) is 5. The van der Waals surface area contributed by atoms with Crippen LogP contribution >= 0.6 is 0 Å². The zero-order valence-electron chi connectivity index (χ0n) is 11.5. The van der Waals surface area contributed by atoms with Crippen molar-refractivity contribution >= 4 is 5.97 Å². The molecule has 2 aromatic rings. The molecule has 0 aromatic carbocycles. The molecule has 20 heavy (non-hydrogen) atoms. The van der Waals surface area contributed by atoms with Crippen LogP contribution in [0.15, 0.2) is 12.5 Å². The van der Waals surface area contributed by atoms with Gasteiger partial charge in [-0.2, -0.15) is 0 Å². The second kappa shape index (κ2) is 6.29. The average Bonchev–Trinajstić information content (AvgIpc) is 3.03. The van der Waals surface area contributed by atoms with Gasteiger partial charge in [-0.3, -0.25) is 0 Å². The third-order valence-electron chi connectivity index (χ3n) is 3.03. The lowest BCUT2D eigenvalue weighted by Crippen LogP contribution is -2.13. The number of imidazole rings is 1. The third kappa shape index (κ3) is 2.85. The van der Waals surface area contributed by atoms with Gasteiger partial charge in [-0.25, -0.2) is 14.5 Å². The fourth-order valence-electron chi connectivity index (χ4n) is 1.99. The second-order valence-corrected chi connectivity index (χ2v) is 4.26. The number of carboxylic acid groups (broad SMARTS) is 1. The summed E-state index contributed by atoms with van der Waals surface area (Å²) in [6.07, 6.45) is 3.93. The number of carboxylic acids is 1. The van der Waals surface area contributed by atoms with Crippen molar-refractivity contribution in [1.29, 1.82) is 0 Å². The minimum Gasteiger partial charge on any atom is -0.476 e. The van der Waals surface area contributed by atoms with Crippen molar-refractivity contribution in [3.63, 3.8) is 0 Å². The van der Waals surface area contributed by atoms with Gasteiger partial charge in [-0.1, -0.05) is 5.21 Å². The monoisotopic (exact) mass is 279 g/mol. The van der Waals surface area contributed by atoms with E-state index in [1.165, 1.54) is 0 Å². The van der Waals surface area contributed by atoms with E-state index in [-0.39, 0.29) is 5.69 Å². The van der Waals surface area contributed by atoms with Gasteiger partial charge in [-0.05, 0) is 6.92 Å². The van der Waals surface area contributed by atoms with Crippen molar-refractivity contribution in [2.45, 2.75) is 26.4 Å². The lowest BCUT2D eigenvalue weighted by molar-refractivity contribution is 0.0688. The highest BCUT2D eigenvalue weighted by Crippen LogP contribution is 2.10. The van der Waals surface area contributed by atoms with Crippen LogP contribution < -0.4 is 0 Å². The van der Waals surface area contributed by atoms with Gasteiger partial charge < -0.3 is 14.4 Å². The highest BCUT2D eigenvalue weighted by atomic mass is 16.5. The fourth-order valence-corrected chi connectivity index (χ4v) is 1.99. The molecule has 0 aliphatic rings. The van der Waals surface area contributed by atoms with Crippen LogP contribution in [-0.2, 0) is 24.2 Å². The molecule has 0 atom stereocenters. The van der Waals surface area contributed by atoms with E-state index < -0.39 is 5.97 Å². The molecule has 0 radical (unpaired) electrons. The van der Waals surface area contributed by atoms with Crippen LogP contribution in [0.2, 0.25) is 0 Å². The Morgan fingerprint density at radius 3 is 2.95 bits per heavy atom. The van der Waals surface area contributed by atoms with Crippen LogP contribution in [0.4, 0.5) is 0 Å². The molecule has 108 valence electrons. The predicted molar refractivity (Wildman–Crippen MR) is 69.6 cm³/mol. The van der Waals surface area contributed by atoms with E-state index in [4.69, 9.17) is 9.84 Å². The van der Waals surface area contributed by atoms with E-state index in [0.29, 0.717) is 25.3 Å². The number of aromatic nitrogens is 5. The Balaban J connectivity index is 2.29. The maximum absolute atomic E-state index is 11.1. The van der Waals surface area contributed by atoms with Crippen molar-refractivity contribution in [3.8, 4) is 0 Å². The predicted octanol–water partition coefficient (Wildman–Crippen LogP) is 0.430. The van der Waals surface area contributed by atoms with Crippen LogP contribution in [-0.4, -0.2) is 49.3 Å². The Bertz CT molecular complexity index is 590. The van der Waals surface area contributed by atoms with Crippen LogP contribution in [0.25, 0.3) is 0 Å². The van der Waals surface area contributed by atoms with Gasteiger partial charge in [0, 0.05) is 20.1 Å². The SMILES string of the molecule is CCn1cncc1Cn1nnc(C(=O)O)c1CCOC. The minimum absolute atomic E-state index is 0.0235. The number of methoxy groups -OCH3 is 1. The van der Waals surface area contributed by atoms with Gasteiger partial charge >= 0.3 is 5.97 Å². The second-order valence-electron chi connectivity index (χ2n) is 4.26. The summed E-state index contributed by atoms with van der Waals surface area (Å²) in [7, 11) is 1.57. The zero-order valence-corrected chi connectivity index (χ0v) is 11.5. The van der Waals surface area contributed by atoms with E-state index in [1.54, 1.807) is 24.3 Å². The first-order valence-electron chi connectivity index (χ1n) is 6.31. The smallest absolute Gasteiger partial charge is 0.358 e. The standard InChI is InChI=1S/C12H17N5O3/c1-3-16-8-13-6-9(16)7-17-10(4-5-20-2)11(12(18)19)14-15-17/h6,8H,3-5,7H2,1-2H3,(H,18,19). The molecular weight excluding hydrogens is 262 g/mol. The van der Waals surface area contributed by atoms with E-state index in [9.17, 15) is 4.79 Å². The van der Waals surface area contributed by atoms with Gasteiger partial charge in [0.15, 0.2) is 5.69 Å². The molecule has 0 unspecified atom stereocenters. The van der Waals surface area contributed by atoms with Crippen molar-refractivity contribution in [3.05, 3.63) is 29.6 Å². The highest BCUT2D eigenvalue weighted by molar-refractivity contribution is 5.86. The average molecular weight is 279 g/mol. The molecule has 8 heteroatoms. The number of ether oxygens (including phenoxy) is 1. The molecule has 0 bridgehead atoms. The number of aryl methyl sites for hydroxylation is 1. The number of aromatic carboxylic acids is 1. The summed E-state index contributed by atoms with van der Waals surface area (Å²) in [6.45, 7) is 3.66. The van der Waals surface area contributed by atoms with Crippen LogP contribution in [0.5, 0.6) is 0 Å². The minimum atomic E-state index is -1.08. The molecule has 0 aliphatic heterocycles. The van der Waals surface area contributed by atoms with E-state index in [1.807, 2.05) is 11.5 Å². The molecule has 0 saturated heterocycles. The highest BCUT2D eigenvalue weighted by Gasteiger charge is 2.19. The summed E-state index contributed by atoms with van der Waals surface area (Å²) in [5, 5.41) is 16.8. The Labute approximate surface area is 116 Å². The van der Waals surface area contributed by atoms with Gasteiger partial charge in [-0.15, -0.1) is 5.10 Å². The lowest BCUT2D eigenvalue weighted by Gasteiger charge is -2.08. The molecule has 1 N–H and O–H groups in total. The van der Waals surface area contributed by atoms with Crippen LogP contribution in [0.3, 0.4) is 0 Å². The lowest BCUT2D eigenvalue weighted by atomic mass is 10.2. The van der Waals surface area contributed by atoms with Gasteiger partial charge in [0.25, 0.3) is 0 Å². The normalized spacial score (nSPS) is 10.9. The Hall–Kier alpha value is -2.22. The maximum Gasteiger partial charge on any atom is 0.358 e. The number of carbonyl (C=O) groups is 1. The van der Waals surface area contributed by atoms with E-state index >= 15 is 0 Å². The van der Waals surface area contributed by atoms with Crippen molar-refractivity contribution in [1.82, 2.24) is 24.5 Å². The summed E-state index contributed by atoms with van der Waals surface area (Å²) >= 11 is 0. The van der Waals surface area contributed by atoms with Gasteiger partial charge in [0.05, 0.1) is 37.1 Å². The van der Waals surface area contributed by atoms with Gasteiger partial charge in [0.1, 0.15) is 0 Å². The van der Waals surface area contributed by atoms with Gasteiger partial charge in [0.2, 0.25) is 0 Å². The van der Waals surface area contributed by atoms with Crippen LogP contribution in [0.1, 0.15) is 28.8 Å². The Morgan fingerprint density at radius 2 is 2.30 bits per heavy atom. The third-order valence-corrected chi connectivity index (χ3v) is 3.03. The fraction of sp³-hybridized carbons (Fsp3) is 0.500. The topological polar surface area (TPSA) is 95.1 Å². The summed E-state index contributed by atoms with van der Waals surface area (Å²) in [6, 6.07) is 0. The molecule has 0 aliphatic carbocycles. The first kappa shape index (κ1) is 14.2. The van der Waals surface area contributed by atoms with Crippen molar-refractivity contribution in [2.75, 3.05) is 13.7 Å². The number of nitrogens with zero attached hydrogens (tertiary/aromatic N) is 5. The maximum atomic E-state index is 11.1.